The minimum Gasteiger partial charge on any atom is -0.443 e. The van der Waals surface area contributed by atoms with Gasteiger partial charge >= 0.3 is 6.18 Å². The van der Waals surface area contributed by atoms with E-state index in [1.54, 1.807) is 0 Å². The Morgan fingerprint density at radius 2 is 2.04 bits per heavy atom. The molecule has 3 rings (SSSR count). The number of aromatic nitrogens is 4. The SMILES string of the molecule is Nc1nc(-c2ncco2)c(Cl)nc1C(=O)NCc1ncccc1C(F)(F)F. The first-order chi connectivity index (χ1) is 12.8. The molecule has 0 bridgehead atoms. The smallest absolute Gasteiger partial charge is 0.418 e. The Morgan fingerprint density at radius 3 is 2.70 bits per heavy atom. The summed E-state index contributed by atoms with van der Waals surface area (Å²) in [5.41, 5.74) is 4.08. The lowest BCUT2D eigenvalue weighted by Gasteiger charge is -2.12. The van der Waals surface area contributed by atoms with E-state index in [4.69, 9.17) is 21.8 Å². The Labute approximate surface area is 154 Å². The average molecular weight is 399 g/mol. The number of halogens is 4. The van der Waals surface area contributed by atoms with Gasteiger partial charge in [0, 0.05) is 6.20 Å². The van der Waals surface area contributed by atoms with Crippen LogP contribution in [-0.4, -0.2) is 25.8 Å². The van der Waals surface area contributed by atoms with Crippen molar-refractivity contribution in [1.29, 1.82) is 0 Å². The quantitative estimate of drug-likeness (QED) is 0.693. The molecule has 3 aromatic heterocycles. The molecule has 0 aliphatic rings. The van der Waals surface area contributed by atoms with Crippen LogP contribution in [-0.2, 0) is 12.7 Å². The van der Waals surface area contributed by atoms with Crippen LogP contribution < -0.4 is 11.1 Å². The highest BCUT2D eigenvalue weighted by molar-refractivity contribution is 6.31. The number of nitrogens with two attached hydrogens (primary N) is 1. The van der Waals surface area contributed by atoms with Crippen LogP contribution in [0.2, 0.25) is 5.15 Å². The van der Waals surface area contributed by atoms with E-state index in [-0.39, 0.29) is 33.9 Å². The van der Waals surface area contributed by atoms with E-state index in [1.165, 1.54) is 18.7 Å². The van der Waals surface area contributed by atoms with E-state index >= 15 is 0 Å². The Balaban J connectivity index is 1.81. The van der Waals surface area contributed by atoms with Gasteiger partial charge in [0.25, 0.3) is 5.91 Å². The minimum atomic E-state index is -4.60. The zero-order chi connectivity index (χ0) is 19.6. The molecule has 0 aliphatic carbocycles. The molecule has 0 aliphatic heterocycles. The Hall–Kier alpha value is -3.21. The van der Waals surface area contributed by atoms with E-state index in [9.17, 15) is 18.0 Å². The van der Waals surface area contributed by atoms with Gasteiger partial charge in [0.1, 0.15) is 6.26 Å². The molecule has 0 atom stereocenters. The number of carbonyl (C=O) groups is 1. The summed E-state index contributed by atoms with van der Waals surface area (Å²) in [4.78, 5) is 27.5. The van der Waals surface area contributed by atoms with Crippen molar-refractivity contribution in [3.05, 3.63) is 52.9 Å². The molecule has 3 heterocycles. The highest BCUT2D eigenvalue weighted by Gasteiger charge is 2.33. The van der Waals surface area contributed by atoms with Crippen molar-refractivity contribution in [2.24, 2.45) is 0 Å². The zero-order valence-electron chi connectivity index (χ0n) is 13.3. The predicted molar refractivity (Wildman–Crippen MR) is 87.4 cm³/mol. The number of alkyl halides is 3. The van der Waals surface area contributed by atoms with Crippen LogP contribution in [0.1, 0.15) is 21.7 Å². The van der Waals surface area contributed by atoms with Crippen molar-refractivity contribution in [1.82, 2.24) is 25.3 Å². The summed E-state index contributed by atoms with van der Waals surface area (Å²) in [6.45, 7) is -0.491. The second-order valence-corrected chi connectivity index (χ2v) is 5.47. The molecule has 0 aromatic carbocycles. The van der Waals surface area contributed by atoms with Crippen molar-refractivity contribution < 1.29 is 22.4 Å². The third-order valence-corrected chi connectivity index (χ3v) is 3.61. The molecule has 1 amide bonds. The molecular formula is C15H10ClF3N6O2. The van der Waals surface area contributed by atoms with Crippen molar-refractivity contribution >= 4 is 23.3 Å². The maximum absolute atomic E-state index is 13.0. The Kier molecular flexibility index (Phi) is 4.95. The van der Waals surface area contributed by atoms with E-state index in [0.29, 0.717) is 0 Å². The molecule has 8 nitrogen and oxygen atoms in total. The largest absolute Gasteiger partial charge is 0.443 e. The Bertz CT molecular complexity index is 978. The van der Waals surface area contributed by atoms with Crippen molar-refractivity contribution in [2.45, 2.75) is 12.7 Å². The molecule has 0 unspecified atom stereocenters. The maximum atomic E-state index is 13.0. The van der Waals surface area contributed by atoms with E-state index in [0.717, 1.165) is 12.1 Å². The van der Waals surface area contributed by atoms with Gasteiger partial charge in [-0.25, -0.2) is 15.0 Å². The lowest BCUT2D eigenvalue weighted by atomic mass is 10.2. The number of nitrogen functional groups attached to an aromatic ring is 1. The molecular weight excluding hydrogens is 389 g/mol. The number of carbonyl (C=O) groups excluding carboxylic acids is 1. The molecule has 140 valence electrons. The number of pyridine rings is 1. The van der Waals surface area contributed by atoms with Gasteiger partial charge in [0.05, 0.1) is 24.0 Å². The lowest BCUT2D eigenvalue weighted by Crippen LogP contribution is -2.27. The van der Waals surface area contributed by atoms with Crippen molar-refractivity contribution in [2.75, 3.05) is 5.73 Å². The number of anilines is 1. The van der Waals surface area contributed by atoms with Gasteiger partial charge in [-0.15, -0.1) is 0 Å². The van der Waals surface area contributed by atoms with E-state index < -0.39 is 24.2 Å². The first-order valence-corrected chi connectivity index (χ1v) is 7.67. The number of nitrogens with one attached hydrogen (secondary N) is 1. The summed E-state index contributed by atoms with van der Waals surface area (Å²) in [7, 11) is 0. The topological polar surface area (TPSA) is 120 Å². The van der Waals surface area contributed by atoms with Gasteiger partial charge in [-0.3, -0.25) is 9.78 Å². The summed E-state index contributed by atoms with van der Waals surface area (Å²) in [5.74, 6) is -1.10. The lowest BCUT2D eigenvalue weighted by molar-refractivity contribution is -0.138. The van der Waals surface area contributed by atoms with Gasteiger partial charge in [-0.2, -0.15) is 13.2 Å². The predicted octanol–water partition coefficient (Wildman–Crippen LogP) is 2.71. The normalized spacial score (nSPS) is 11.4. The monoisotopic (exact) mass is 398 g/mol. The van der Waals surface area contributed by atoms with Crippen molar-refractivity contribution in [3.8, 4) is 11.6 Å². The summed E-state index contributed by atoms with van der Waals surface area (Å²) in [6, 6.07) is 2.02. The second-order valence-electron chi connectivity index (χ2n) is 5.11. The first kappa shape index (κ1) is 18.6. The second kappa shape index (κ2) is 7.19. The highest BCUT2D eigenvalue weighted by atomic mass is 35.5. The van der Waals surface area contributed by atoms with Crippen LogP contribution >= 0.6 is 11.6 Å². The maximum Gasteiger partial charge on any atom is 0.418 e. The van der Waals surface area contributed by atoms with Gasteiger partial charge in [0.2, 0.25) is 5.89 Å². The first-order valence-electron chi connectivity index (χ1n) is 7.29. The third kappa shape index (κ3) is 3.97. The molecule has 0 fully saturated rings. The number of nitrogens with zero attached hydrogens (tertiary/aromatic N) is 4. The molecule has 0 spiro atoms. The van der Waals surface area contributed by atoms with E-state index in [1.807, 2.05) is 0 Å². The standard InChI is InChI=1S/C15H10ClF3N6O2/c16-11-9(14-22-4-5-27-14)25-12(20)10(24-11)13(26)23-6-8-7(15(17,18)19)2-1-3-21-8/h1-5H,6H2,(H2,20,25)(H,23,26). The summed E-state index contributed by atoms with van der Waals surface area (Å²) < 4.78 is 43.9. The zero-order valence-corrected chi connectivity index (χ0v) is 14.0. The number of rotatable bonds is 4. The number of oxazole rings is 1. The van der Waals surface area contributed by atoms with Crippen LogP contribution in [0.4, 0.5) is 19.0 Å². The molecule has 27 heavy (non-hydrogen) atoms. The number of hydrogen-bond acceptors (Lipinski definition) is 7. The number of hydrogen-bond donors (Lipinski definition) is 2. The molecule has 3 aromatic rings. The van der Waals surface area contributed by atoms with Crippen LogP contribution in [0.25, 0.3) is 11.6 Å². The fourth-order valence-electron chi connectivity index (χ4n) is 2.16. The van der Waals surface area contributed by atoms with Crippen LogP contribution in [0, 0.1) is 0 Å². The summed E-state index contributed by atoms with van der Waals surface area (Å²) in [6.07, 6.45) is -0.772. The van der Waals surface area contributed by atoms with Crippen LogP contribution in [0.5, 0.6) is 0 Å². The number of amides is 1. The van der Waals surface area contributed by atoms with Gasteiger partial charge < -0.3 is 15.5 Å². The molecule has 12 heteroatoms. The Morgan fingerprint density at radius 1 is 1.26 bits per heavy atom. The third-order valence-electron chi connectivity index (χ3n) is 3.34. The molecule has 3 N–H and O–H groups in total. The molecule has 0 saturated heterocycles. The summed E-state index contributed by atoms with van der Waals surface area (Å²) in [5, 5.41) is 2.07. The fourth-order valence-corrected chi connectivity index (χ4v) is 2.36. The van der Waals surface area contributed by atoms with E-state index in [2.05, 4.69) is 25.3 Å². The van der Waals surface area contributed by atoms with Crippen LogP contribution in [0.3, 0.4) is 0 Å². The van der Waals surface area contributed by atoms with Gasteiger partial charge in [-0.05, 0) is 12.1 Å². The van der Waals surface area contributed by atoms with Crippen molar-refractivity contribution in [3.63, 3.8) is 0 Å². The van der Waals surface area contributed by atoms with Crippen LogP contribution in [0.15, 0.2) is 35.2 Å². The van der Waals surface area contributed by atoms with Gasteiger partial charge in [-0.1, -0.05) is 11.6 Å². The highest BCUT2D eigenvalue weighted by Crippen LogP contribution is 2.31. The molecule has 0 radical (unpaired) electrons. The van der Waals surface area contributed by atoms with Gasteiger partial charge in [0.15, 0.2) is 22.4 Å². The minimum absolute atomic E-state index is 0.0276. The molecule has 0 saturated carbocycles. The summed E-state index contributed by atoms with van der Waals surface area (Å²) >= 11 is 5.97. The average Bonchev–Trinajstić information content (AvgIpc) is 3.15. The fraction of sp³-hybridized carbons (Fsp3) is 0.133.